The van der Waals surface area contributed by atoms with E-state index < -0.39 is 0 Å². The normalized spacial score (nSPS) is 33.0. The fourth-order valence-corrected chi connectivity index (χ4v) is 6.31. The van der Waals surface area contributed by atoms with Crippen molar-refractivity contribution in [3.05, 3.63) is 112 Å². The van der Waals surface area contributed by atoms with E-state index in [-0.39, 0.29) is 5.54 Å². The highest BCUT2D eigenvalue weighted by Gasteiger charge is 2.57. The van der Waals surface area contributed by atoms with E-state index in [1.54, 1.807) is 16.7 Å². The molecule has 7 rings (SSSR count). The molecule has 1 heteroatoms. The molecule has 1 heterocycles. The second-order valence-corrected chi connectivity index (χ2v) is 9.29. The average Bonchev–Trinajstić information content (AvgIpc) is 3.53. The van der Waals surface area contributed by atoms with Crippen LogP contribution in [0.15, 0.2) is 101 Å². The first-order valence-corrected chi connectivity index (χ1v) is 11.1. The van der Waals surface area contributed by atoms with Crippen molar-refractivity contribution in [2.75, 3.05) is 0 Å². The second kappa shape index (κ2) is 5.63. The number of fused-ring (bicyclic) bond motifs is 6. The predicted octanol–water partition coefficient (Wildman–Crippen LogP) is 6.28. The summed E-state index contributed by atoms with van der Waals surface area (Å²) in [6.07, 6.45) is 24.7. The van der Waals surface area contributed by atoms with Crippen LogP contribution in [0, 0.1) is 5.92 Å². The van der Waals surface area contributed by atoms with Gasteiger partial charge in [0.25, 0.3) is 0 Å². The van der Waals surface area contributed by atoms with E-state index in [1.165, 1.54) is 47.2 Å². The van der Waals surface area contributed by atoms with Crippen molar-refractivity contribution in [2.45, 2.75) is 43.6 Å². The van der Waals surface area contributed by atoms with Crippen LogP contribution in [0.3, 0.4) is 0 Å². The van der Waals surface area contributed by atoms with Crippen LogP contribution in [0.1, 0.15) is 49.1 Å². The summed E-state index contributed by atoms with van der Waals surface area (Å²) in [7, 11) is 0. The lowest BCUT2D eigenvalue weighted by molar-refractivity contribution is 0.564. The fourth-order valence-electron chi connectivity index (χ4n) is 6.31. The van der Waals surface area contributed by atoms with Crippen molar-refractivity contribution < 1.29 is 0 Å². The quantitative estimate of drug-likeness (QED) is 0.563. The molecule has 1 nitrogen and oxygen atoms in total. The highest BCUT2D eigenvalue weighted by atomic mass is 15.1. The van der Waals surface area contributed by atoms with Gasteiger partial charge in [0.15, 0.2) is 0 Å². The van der Waals surface area contributed by atoms with Crippen molar-refractivity contribution in [1.82, 2.24) is 5.32 Å². The third kappa shape index (κ3) is 2.16. The van der Waals surface area contributed by atoms with E-state index in [1.807, 2.05) is 0 Å². The molecule has 0 aromatic heterocycles. The molecule has 1 aromatic rings. The number of nitrogens with one attached hydrogen (secondary N) is 1. The molecule has 6 aliphatic rings. The third-order valence-corrected chi connectivity index (χ3v) is 7.85. The smallest absolute Gasteiger partial charge is 0.0655 e. The molecule has 1 saturated carbocycles. The van der Waals surface area contributed by atoms with Gasteiger partial charge in [0, 0.05) is 17.5 Å². The maximum atomic E-state index is 4.09. The van der Waals surface area contributed by atoms with Crippen molar-refractivity contribution in [2.24, 2.45) is 5.92 Å². The lowest BCUT2D eigenvalue weighted by Crippen LogP contribution is -2.36. The Balaban J connectivity index is 1.38. The fraction of sp³-hybridized carbons (Fsp3) is 0.286. The van der Waals surface area contributed by atoms with Gasteiger partial charge in [0.1, 0.15) is 0 Å². The molecule has 0 radical (unpaired) electrons. The Labute approximate surface area is 172 Å². The van der Waals surface area contributed by atoms with Gasteiger partial charge in [-0.1, -0.05) is 72.9 Å². The number of hydrogen-bond donors (Lipinski definition) is 1. The van der Waals surface area contributed by atoms with E-state index in [2.05, 4.69) is 78.2 Å². The maximum Gasteiger partial charge on any atom is 0.0655 e. The van der Waals surface area contributed by atoms with Gasteiger partial charge in [-0.05, 0) is 71.1 Å². The monoisotopic (exact) mass is 375 g/mol. The Kier molecular flexibility index (Phi) is 3.12. The van der Waals surface area contributed by atoms with Crippen LogP contribution in [0.2, 0.25) is 0 Å². The van der Waals surface area contributed by atoms with E-state index in [0.717, 1.165) is 12.8 Å². The lowest BCUT2D eigenvalue weighted by atomic mass is 9.69. The summed E-state index contributed by atoms with van der Waals surface area (Å²) < 4.78 is 0. The number of rotatable bonds is 0. The minimum Gasteiger partial charge on any atom is -0.378 e. The SMILES string of the molecule is C1=CCC=C2C(=C1)c1ccccc1C1CC3=C(C=C21)CCC1=CC=CC2CC12N3. The Morgan fingerprint density at radius 2 is 1.97 bits per heavy atom. The minimum atomic E-state index is 0.238. The minimum absolute atomic E-state index is 0.238. The van der Waals surface area contributed by atoms with Crippen molar-refractivity contribution in [3.8, 4) is 0 Å². The van der Waals surface area contributed by atoms with Gasteiger partial charge in [-0.25, -0.2) is 0 Å². The van der Waals surface area contributed by atoms with Gasteiger partial charge in [-0.15, -0.1) is 0 Å². The molecule has 29 heavy (non-hydrogen) atoms. The molecule has 1 aromatic carbocycles. The zero-order valence-electron chi connectivity index (χ0n) is 16.6. The summed E-state index contributed by atoms with van der Waals surface area (Å²) in [4.78, 5) is 0. The first kappa shape index (κ1) is 16.0. The number of hydrogen-bond acceptors (Lipinski definition) is 1. The predicted molar refractivity (Wildman–Crippen MR) is 119 cm³/mol. The van der Waals surface area contributed by atoms with Gasteiger partial charge in [-0.3, -0.25) is 0 Å². The molecule has 0 saturated heterocycles. The van der Waals surface area contributed by atoms with Crippen LogP contribution in [-0.4, -0.2) is 5.54 Å². The summed E-state index contributed by atoms with van der Waals surface area (Å²) in [6.45, 7) is 0. The largest absolute Gasteiger partial charge is 0.378 e. The molecule has 1 fully saturated rings. The molecule has 5 aliphatic carbocycles. The molecule has 0 bridgehead atoms. The van der Waals surface area contributed by atoms with Gasteiger partial charge < -0.3 is 5.32 Å². The Morgan fingerprint density at radius 3 is 2.97 bits per heavy atom. The van der Waals surface area contributed by atoms with Crippen LogP contribution >= 0.6 is 0 Å². The Hall–Kier alpha value is -2.80. The molecule has 3 atom stereocenters. The third-order valence-electron chi connectivity index (χ3n) is 7.85. The van der Waals surface area contributed by atoms with Crippen molar-refractivity contribution in [1.29, 1.82) is 0 Å². The van der Waals surface area contributed by atoms with E-state index in [4.69, 9.17) is 0 Å². The van der Waals surface area contributed by atoms with Gasteiger partial charge in [0.2, 0.25) is 0 Å². The van der Waals surface area contributed by atoms with Gasteiger partial charge in [-0.2, -0.15) is 0 Å². The van der Waals surface area contributed by atoms with Crippen LogP contribution in [0.5, 0.6) is 0 Å². The first-order valence-electron chi connectivity index (χ1n) is 11.1. The summed E-state index contributed by atoms with van der Waals surface area (Å²) in [5, 5.41) is 4.09. The van der Waals surface area contributed by atoms with Crippen LogP contribution < -0.4 is 5.32 Å². The van der Waals surface area contributed by atoms with Crippen molar-refractivity contribution in [3.63, 3.8) is 0 Å². The molecule has 1 N–H and O–H groups in total. The van der Waals surface area contributed by atoms with Crippen LogP contribution in [-0.2, 0) is 0 Å². The van der Waals surface area contributed by atoms with Gasteiger partial charge in [0.05, 0.1) is 5.54 Å². The molecule has 3 unspecified atom stereocenters. The molecule has 142 valence electrons. The highest BCUT2D eigenvalue weighted by molar-refractivity contribution is 5.91. The molecule has 1 aliphatic heterocycles. The van der Waals surface area contributed by atoms with Gasteiger partial charge >= 0.3 is 0 Å². The van der Waals surface area contributed by atoms with E-state index >= 15 is 0 Å². The molecule has 0 amide bonds. The summed E-state index contributed by atoms with van der Waals surface area (Å²) in [5.74, 6) is 1.17. The zero-order chi connectivity index (χ0) is 19.0. The summed E-state index contributed by atoms with van der Waals surface area (Å²) in [6, 6.07) is 9.08. The first-order chi connectivity index (χ1) is 14.3. The van der Waals surface area contributed by atoms with Crippen LogP contribution in [0.4, 0.5) is 0 Å². The number of benzene rings is 1. The molecular weight excluding hydrogens is 350 g/mol. The van der Waals surface area contributed by atoms with E-state index in [0.29, 0.717) is 11.8 Å². The maximum absolute atomic E-state index is 4.09. The average molecular weight is 376 g/mol. The summed E-state index contributed by atoms with van der Waals surface area (Å²) >= 11 is 0. The lowest BCUT2D eigenvalue weighted by Gasteiger charge is -2.37. The van der Waals surface area contributed by atoms with Crippen LogP contribution in [0.25, 0.3) is 5.57 Å². The summed E-state index contributed by atoms with van der Waals surface area (Å²) in [5.41, 5.74) is 12.3. The standard InChI is InChI=1S/C28H25N/c1-2-9-21-22-11-4-5-12-24(22)26-16-27-18(15-25(26)23(21)10-3-1)13-14-19-7-6-8-20-17-28(19,20)29-27/h1-2,4-12,15,20,26,29H,3,13-14,16-17H2. The number of allylic oxidation sites excluding steroid dienone is 12. The molecule has 1 spiro atoms. The topological polar surface area (TPSA) is 12.0 Å². The second-order valence-electron chi connectivity index (χ2n) is 9.29. The Morgan fingerprint density at radius 1 is 1.00 bits per heavy atom. The highest BCUT2D eigenvalue weighted by Crippen LogP contribution is 2.58. The van der Waals surface area contributed by atoms with E-state index in [9.17, 15) is 0 Å². The Bertz CT molecular complexity index is 1160. The van der Waals surface area contributed by atoms with Crippen molar-refractivity contribution >= 4 is 5.57 Å². The zero-order valence-corrected chi connectivity index (χ0v) is 16.6. The molecular formula is C28H25N.